The van der Waals surface area contributed by atoms with Crippen molar-refractivity contribution in [1.29, 1.82) is 0 Å². The third-order valence-electron chi connectivity index (χ3n) is 6.65. The molecule has 184 valence electrons. The molecule has 1 atom stereocenters. The monoisotopic (exact) mass is 493 g/mol. The Balaban J connectivity index is 1.72. The number of carbonyl (C=O) groups excluding carboxylic acids is 1. The molecule has 0 aromatic carbocycles. The van der Waals surface area contributed by atoms with Gasteiger partial charge in [-0.3, -0.25) is 4.79 Å². The lowest BCUT2D eigenvalue weighted by Crippen LogP contribution is -2.47. The van der Waals surface area contributed by atoms with E-state index in [0.717, 1.165) is 30.5 Å². The lowest BCUT2D eigenvalue weighted by molar-refractivity contribution is -0.0652. The highest BCUT2D eigenvalue weighted by Gasteiger charge is 2.42. The fourth-order valence-corrected chi connectivity index (χ4v) is 4.99. The summed E-state index contributed by atoms with van der Waals surface area (Å²) in [6.45, 7) is 5.98. The number of nitrogens with one attached hydrogen (secondary N) is 1. The smallest absolute Gasteiger partial charge is 0.259 e. The van der Waals surface area contributed by atoms with Crippen molar-refractivity contribution < 1.29 is 22.0 Å². The van der Waals surface area contributed by atoms with E-state index in [-0.39, 0.29) is 41.2 Å². The molecule has 2 aliphatic rings. The second-order valence-corrected chi connectivity index (χ2v) is 11.6. The molecule has 34 heavy (non-hydrogen) atoms. The number of carbonyl (C=O) groups is 1. The minimum atomic E-state index is -4.05. The molecular weight excluding hydrogens is 464 g/mol. The van der Waals surface area contributed by atoms with Crippen LogP contribution in [0.5, 0.6) is 0 Å². The van der Waals surface area contributed by atoms with Crippen LogP contribution in [0.3, 0.4) is 0 Å². The minimum Gasteiger partial charge on any atom is -0.355 e. The Hall–Kier alpha value is -2.66. The first-order valence-electron chi connectivity index (χ1n) is 11.2. The van der Waals surface area contributed by atoms with E-state index >= 15 is 0 Å². The Morgan fingerprint density at radius 3 is 2.68 bits per heavy atom. The van der Waals surface area contributed by atoms with Crippen LogP contribution in [0.2, 0.25) is 0 Å². The lowest BCUT2D eigenvalue weighted by Gasteiger charge is -2.39. The molecule has 4 rings (SSSR count). The van der Waals surface area contributed by atoms with Crippen molar-refractivity contribution in [3.63, 3.8) is 0 Å². The van der Waals surface area contributed by atoms with Crippen LogP contribution >= 0.6 is 0 Å². The van der Waals surface area contributed by atoms with Gasteiger partial charge in [0.15, 0.2) is 5.03 Å². The molecule has 8 nitrogen and oxygen atoms in total. The number of nitrogens with two attached hydrogens (primary N) is 1. The van der Waals surface area contributed by atoms with Crippen LogP contribution in [0, 0.1) is 11.3 Å². The predicted octanol–water partition coefficient (Wildman–Crippen LogP) is 3.37. The normalized spacial score (nSPS) is 21.6. The maximum Gasteiger partial charge on any atom is 0.259 e. The molecule has 0 saturated carbocycles. The van der Waals surface area contributed by atoms with Gasteiger partial charge in [0.05, 0.1) is 5.56 Å². The van der Waals surface area contributed by atoms with E-state index in [2.05, 4.69) is 24.1 Å². The third-order valence-corrected chi connectivity index (χ3v) is 7.45. The molecule has 1 aliphatic heterocycles. The molecule has 1 amide bonds. The SMILES string of the molecule is CC1CN(c2nc3c(cc2C(=O)Nc2ccnc(S(N)(=O)=O)c2)CCC(C)(C)C3)CCC1(F)F. The number of rotatable bonds is 4. The van der Waals surface area contributed by atoms with Gasteiger partial charge in [0.25, 0.3) is 21.9 Å². The number of hydrogen-bond acceptors (Lipinski definition) is 6. The average molecular weight is 494 g/mol. The molecule has 3 N–H and O–H groups in total. The summed E-state index contributed by atoms with van der Waals surface area (Å²) >= 11 is 0. The number of alkyl halides is 2. The summed E-state index contributed by atoms with van der Waals surface area (Å²) in [4.78, 5) is 23.6. The fourth-order valence-electron chi connectivity index (χ4n) is 4.49. The first kappa shape index (κ1) is 24.5. The van der Waals surface area contributed by atoms with Crippen LogP contribution in [0.15, 0.2) is 29.4 Å². The number of hydrogen-bond donors (Lipinski definition) is 2. The molecule has 1 unspecified atom stereocenters. The molecular formula is C23H29F2N5O3S. The minimum absolute atomic E-state index is 0.0599. The number of primary sulfonamides is 1. The number of aryl methyl sites for hydroxylation is 1. The summed E-state index contributed by atoms with van der Waals surface area (Å²) < 4.78 is 51.5. The second-order valence-electron chi connectivity index (χ2n) is 10.0. The molecule has 0 spiro atoms. The quantitative estimate of drug-likeness (QED) is 0.674. The Labute approximate surface area is 198 Å². The largest absolute Gasteiger partial charge is 0.355 e. The van der Waals surface area contributed by atoms with Gasteiger partial charge in [-0.05, 0) is 42.4 Å². The average Bonchev–Trinajstić information content (AvgIpc) is 2.74. The summed E-state index contributed by atoms with van der Waals surface area (Å²) in [7, 11) is -4.05. The number of fused-ring (bicyclic) bond motifs is 1. The van der Waals surface area contributed by atoms with Crippen LogP contribution in [-0.4, -0.2) is 43.3 Å². The van der Waals surface area contributed by atoms with Gasteiger partial charge in [-0.2, -0.15) is 0 Å². The number of amides is 1. The molecule has 1 saturated heterocycles. The third kappa shape index (κ3) is 5.05. The molecule has 2 aromatic rings. The molecule has 0 bridgehead atoms. The van der Waals surface area contributed by atoms with E-state index in [9.17, 15) is 22.0 Å². The highest BCUT2D eigenvalue weighted by molar-refractivity contribution is 7.89. The number of nitrogens with zero attached hydrogens (tertiary/aromatic N) is 3. The van der Waals surface area contributed by atoms with Crippen LogP contribution < -0.4 is 15.4 Å². The van der Waals surface area contributed by atoms with Gasteiger partial charge in [0, 0.05) is 49.1 Å². The van der Waals surface area contributed by atoms with Crippen LogP contribution in [-0.2, 0) is 22.9 Å². The summed E-state index contributed by atoms with van der Waals surface area (Å²) in [5, 5.41) is 7.46. The van der Waals surface area contributed by atoms with E-state index < -0.39 is 27.8 Å². The summed E-state index contributed by atoms with van der Waals surface area (Å²) in [5.41, 5.74) is 2.37. The predicted molar refractivity (Wildman–Crippen MR) is 125 cm³/mol. The Morgan fingerprint density at radius 1 is 1.26 bits per heavy atom. The number of anilines is 2. The molecule has 1 fully saturated rings. The number of piperidine rings is 1. The summed E-state index contributed by atoms with van der Waals surface area (Å²) in [6.07, 6.45) is 3.35. The Bertz CT molecular complexity index is 1230. The zero-order valence-corrected chi connectivity index (χ0v) is 20.3. The van der Waals surface area contributed by atoms with Gasteiger partial charge in [0.1, 0.15) is 5.82 Å². The second kappa shape index (κ2) is 8.53. The molecule has 3 heterocycles. The van der Waals surface area contributed by atoms with E-state index in [1.165, 1.54) is 25.3 Å². The highest BCUT2D eigenvalue weighted by atomic mass is 32.2. The number of halogens is 2. The number of sulfonamides is 1. The molecule has 11 heteroatoms. The summed E-state index contributed by atoms with van der Waals surface area (Å²) in [6, 6.07) is 4.41. The van der Waals surface area contributed by atoms with Crippen molar-refractivity contribution in [3.8, 4) is 0 Å². The lowest BCUT2D eigenvalue weighted by atomic mass is 9.76. The Morgan fingerprint density at radius 2 is 2.00 bits per heavy atom. The van der Waals surface area contributed by atoms with E-state index in [1.807, 2.05) is 0 Å². The maximum atomic E-state index is 14.2. The van der Waals surface area contributed by atoms with Crippen LogP contribution in [0.4, 0.5) is 20.3 Å². The van der Waals surface area contributed by atoms with Crippen molar-refractivity contribution in [2.24, 2.45) is 16.5 Å². The first-order chi connectivity index (χ1) is 15.7. The van der Waals surface area contributed by atoms with Crippen molar-refractivity contribution in [2.75, 3.05) is 23.3 Å². The van der Waals surface area contributed by atoms with Gasteiger partial charge >= 0.3 is 0 Å². The molecule has 0 radical (unpaired) electrons. The standard InChI is InChI=1S/C23H29F2N5O3S/c1-14-13-30(9-7-23(14,24)25)20-17(10-15-4-6-22(2,3)12-18(15)29-20)21(31)28-16-5-8-27-19(11-16)34(26,32)33/h5,8,10-11,14H,4,6-7,9,12-13H2,1-3H3,(H2,26,32,33)(H,27,28,31). The van der Waals surface area contributed by atoms with E-state index in [4.69, 9.17) is 10.1 Å². The molecule has 2 aromatic heterocycles. The van der Waals surface area contributed by atoms with Gasteiger partial charge < -0.3 is 10.2 Å². The number of pyridine rings is 2. The van der Waals surface area contributed by atoms with Gasteiger partial charge in [0.2, 0.25) is 0 Å². The fraction of sp³-hybridized carbons (Fsp3) is 0.522. The molecule has 1 aliphatic carbocycles. The van der Waals surface area contributed by atoms with Crippen molar-refractivity contribution in [1.82, 2.24) is 9.97 Å². The maximum absolute atomic E-state index is 14.2. The van der Waals surface area contributed by atoms with Crippen molar-refractivity contribution in [3.05, 3.63) is 41.2 Å². The van der Waals surface area contributed by atoms with Crippen molar-refractivity contribution >= 4 is 27.4 Å². The highest BCUT2D eigenvalue weighted by Crippen LogP contribution is 2.39. The number of aromatic nitrogens is 2. The topological polar surface area (TPSA) is 118 Å². The zero-order valence-electron chi connectivity index (χ0n) is 19.4. The zero-order chi connectivity index (χ0) is 24.9. The van der Waals surface area contributed by atoms with Gasteiger partial charge in [-0.1, -0.05) is 20.8 Å². The first-order valence-corrected chi connectivity index (χ1v) is 12.8. The van der Waals surface area contributed by atoms with E-state index in [0.29, 0.717) is 5.82 Å². The van der Waals surface area contributed by atoms with Crippen molar-refractivity contribution in [2.45, 2.75) is 57.4 Å². The van der Waals surface area contributed by atoms with Crippen LogP contribution in [0.1, 0.15) is 55.2 Å². The Kier molecular flexibility index (Phi) is 6.14. The van der Waals surface area contributed by atoms with Gasteiger partial charge in [-0.15, -0.1) is 0 Å². The van der Waals surface area contributed by atoms with Gasteiger partial charge in [-0.25, -0.2) is 32.3 Å². The van der Waals surface area contributed by atoms with E-state index in [1.54, 1.807) is 11.0 Å². The van der Waals surface area contributed by atoms with Crippen LogP contribution in [0.25, 0.3) is 0 Å². The summed E-state index contributed by atoms with van der Waals surface area (Å²) in [5.74, 6) is -3.79.